The average Bonchev–Trinajstić information content (AvgIpc) is 3.00. The lowest BCUT2D eigenvalue weighted by atomic mass is 10.1. The number of carbonyl (C=O) groups excluding carboxylic acids is 1. The van der Waals surface area contributed by atoms with Crippen LogP contribution in [0.15, 0.2) is 53.6 Å². The van der Waals surface area contributed by atoms with Crippen molar-refractivity contribution < 1.29 is 4.79 Å². The molecular formula is C18H19N5O2. The lowest BCUT2D eigenvalue weighted by Crippen LogP contribution is -2.32. The van der Waals surface area contributed by atoms with E-state index in [1.54, 1.807) is 37.0 Å². The van der Waals surface area contributed by atoms with E-state index >= 15 is 0 Å². The van der Waals surface area contributed by atoms with E-state index in [1.165, 1.54) is 4.68 Å². The van der Waals surface area contributed by atoms with E-state index in [0.29, 0.717) is 11.4 Å². The first-order valence-electron chi connectivity index (χ1n) is 7.91. The number of carbonyl (C=O) groups is 1. The molecule has 0 aliphatic rings. The number of rotatable bonds is 4. The van der Waals surface area contributed by atoms with Gasteiger partial charge in [-0.05, 0) is 31.0 Å². The molecule has 2 heterocycles. The van der Waals surface area contributed by atoms with Gasteiger partial charge in [0.15, 0.2) is 5.82 Å². The van der Waals surface area contributed by atoms with E-state index in [0.717, 1.165) is 5.56 Å². The number of hydrogen-bond donors (Lipinski definition) is 1. The van der Waals surface area contributed by atoms with Crippen LogP contribution in [0.5, 0.6) is 0 Å². The smallest absolute Gasteiger partial charge is 0.264 e. The summed E-state index contributed by atoms with van der Waals surface area (Å²) < 4.78 is 3.04. The van der Waals surface area contributed by atoms with Gasteiger partial charge in [0.05, 0.1) is 12.2 Å². The van der Waals surface area contributed by atoms with Gasteiger partial charge in [-0.25, -0.2) is 0 Å². The Kier molecular flexibility index (Phi) is 4.47. The van der Waals surface area contributed by atoms with Crippen LogP contribution < -0.4 is 10.9 Å². The second-order valence-corrected chi connectivity index (χ2v) is 5.90. The fraction of sp³-hybridized carbons (Fsp3) is 0.222. The Hall–Kier alpha value is -3.22. The van der Waals surface area contributed by atoms with E-state index in [9.17, 15) is 9.59 Å². The fourth-order valence-corrected chi connectivity index (χ4v) is 2.70. The molecule has 0 radical (unpaired) electrons. The zero-order chi connectivity index (χ0) is 18.0. The van der Waals surface area contributed by atoms with Gasteiger partial charge in [-0.3, -0.25) is 14.3 Å². The molecule has 1 atom stereocenters. The molecule has 3 rings (SSSR count). The van der Waals surface area contributed by atoms with Crippen molar-refractivity contribution in [3.63, 3.8) is 0 Å². The lowest BCUT2D eigenvalue weighted by molar-refractivity contribution is 0.102. The van der Waals surface area contributed by atoms with Gasteiger partial charge in [-0.2, -0.15) is 0 Å². The van der Waals surface area contributed by atoms with Crippen LogP contribution in [0.4, 0.5) is 5.82 Å². The van der Waals surface area contributed by atoms with Crippen LogP contribution >= 0.6 is 0 Å². The Morgan fingerprint density at radius 1 is 1.20 bits per heavy atom. The van der Waals surface area contributed by atoms with Gasteiger partial charge in [0, 0.05) is 13.2 Å². The molecule has 0 fully saturated rings. The second kappa shape index (κ2) is 6.72. The molecule has 1 aromatic carbocycles. The summed E-state index contributed by atoms with van der Waals surface area (Å²) in [5, 5.41) is 10.2. The largest absolute Gasteiger partial charge is 0.308 e. The highest BCUT2D eigenvalue weighted by Crippen LogP contribution is 2.16. The van der Waals surface area contributed by atoms with Crippen molar-refractivity contribution in [2.24, 2.45) is 7.05 Å². The van der Waals surface area contributed by atoms with E-state index in [1.807, 2.05) is 37.3 Å². The summed E-state index contributed by atoms with van der Waals surface area (Å²) in [7, 11) is 1.70. The standard InChI is InChI=1S/C18H19N5O2/c1-12-9-10-23(13(2)14-7-5-4-6-8-14)18(25)16(12)17(24)19-15-11-22(3)21-20-15/h4-11,13H,1-3H3,(H,19,24). The van der Waals surface area contributed by atoms with Crippen molar-refractivity contribution in [2.75, 3.05) is 5.32 Å². The zero-order valence-electron chi connectivity index (χ0n) is 14.3. The summed E-state index contributed by atoms with van der Waals surface area (Å²) in [6.07, 6.45) is 3.29. The van der Waals surface area contributed by atoms with E-state index < -0.39 is 5.91 Å². The third-order valence-corrected chi connectivity index (χ3v) is 4.10. The van der Waals surface area contributed by atoms with Crippen LogP contribution in [-0.2, 0) is 7.05 Å². The summed E-state index contributed by atoms with van der Waals surface area (Å²) in [5.74, 6) is -0.185. The Labute approximate surface area is 144 Å². The monoisotopic (exact) mass is 337 g/mol. The maximum Gasteiger partial charge on any atom is 0.264 e. The fourth-order valence-electron chi connectivity index (χ4n) is 2.70. The number of aromatic nitrogens is 4. The van der Waals surface area contributed by atoms with E-state index in [4.69, 9.17) is 0 Å². The highest BCUT2D eigenvalue weighted by atomic mass is 16.2. The molecule has 0 aliphatic heterocycles. The summed E-state index contributed by atoms with van der Waals surface area (Å²) >= 11 is 0. The molecule has 128 valence electrons. The first-order valence-corrected chi connectivity index (χ1v) is 7.91. The predicted molar refractivity (Wildman–Crippen MR) is 94.7 cm³/mol. The van der Waals surface area contributed by atoms with Gasteiger partial charge in [0.25, 0.3) is 11.5 Å². The van der Waals surface area contributed by atoms with Crippen LogP contribution in [0.1, 0.15) is 34.5 Å². The minimum Gasteiger partial charge on any atom is -0.308 e. The molecule has 0 spiro atoms. The van der Waals surface area contributed by atoms with Gasteiger partial charge in [-0.1, -0.05) is 35.5 Å². The SMILES string of the molecule is Cc1ccn(C(C)c2ccccc2)c(=O)c1C(=O)Nc1cn(C)nn1. The molecule has 3 aromatic rings. The highest BCUT2D eigenvalue weighted by Gasteiger charge is 2.19. The van der Waals surface area contributed by atoms with Crippen LogP contribution in [0.25, 0.3) is 0 Å². The molecule has 7 heteroatoms. The first kappa shape index (κ1) is 16.6. The Morgan fingerprint density at radius 2 is 1.92 bits per heavy atom. The van der Waals surface area contributed by atoms with E-state index in [-0.39, 0.29) is 17.2 Å². The molecule has 2 aromatic heterocycles. The topological polar surface area (TPSA) is 81.8 Å². The molecule has 1 unspecified atom stereocenters. The van der Waals surface area contributed by atoms with Crippen LogP contribution in [0, 0.1) is 6.92 Å². The molecular weight excluding hydrogens is 318 g/mol. The Balaban J connectivity index is 1.97. The van der Waals surface area contributed by atoms with Crippen LogP contribution in [0.2, 0.25) is 0 Å². The number of pyridine rings is 1. The summed E-state index contributed by atoms with van der Waals surface area (Å²) in [5.41, 5.74) is 1.38. The number of anilines is 1. The molecule has 0 aliphatic carbocycles. The van der Waals surface area contributed by atoms with Gasteiger partial charge < -0.3 is 9.88 Å². The van der Waals surface area contributed by atoms with Gasteiger partial charge in [0.2, 0.25) is 0 Å². The van der Waals surface area contributed by atoms with Crippen LogP contribution in [-0.4, -0.2) is 25.5 Å². The Morgan fingerprint density at radius 3 is 2.56 bits per heavy atom. The molecule has 0 saturated heterocycles. The number of nitrogens with one attached hydrogen (secondary N) is 1. The number of aryl methyl sites for hydroxylation is 2. The van der Waals surface area contributed by atoms with Gasteiger partial charge >= 0.3 is 0 Å². The first-order chi connectivity index (χ1) is 12.0. The predicted octanol–water partition coefficient (Wildman–Crippen LogP) is 2.15. The summed E-state index contributed by atoms with van der Waals surface area (Å²) in [4.78, 5) is 25.5. The maximum atomic E-state index is 12.9. The van der Waals surface area contributed by atoms with Crippen LogP contribution in [0.3, 0.4) is 0 Å². The van der Waals surface area contributed by atoms with Crippen molar-refractivity contribution in [2.45, 2.75) is 19.9 Å². The highest BCUT2D eigenvalue weighted by molar-refractivity contribution is 6.04. The average molecular weight is 337 g/mol. The number of amides is 1. The summed E-state index contributed by atoms with van der Waals surface area (Å²) in [6, 6.07) is 11.3. The van der Waals surface area contributed by atoms with Crippen molar-refractivity contribution in [1.82, 2.24) is 19.6 Å². The Bertz CT molecular complexity index is 959. The maximum absolute atomic E-state index is 12.9. The third kappa shape index (κ3) is 3.35. The number of nitrogens with zero attached hydrogens (tertiary/aromatic N) is 4. The normalized spacial score (nSPS) is 12.0. The van der Waals surface area contributed by atoms with E-state index in [2.05, 4.69) is 15.6 Å². The minimum absolute atomic E-state index is 0.107. The lowest BCUT2D eigenvalue weighted by Gasteiger charge is -2.17. The van der Waals surface area contributed by atoms with Crippen molar-refractivity contribution >= 4 is 11.7 Å². The molecule has 7 nitrogen and oxygen atoms in total. The van der Waals surface area contributed by atoms with Crippen molar-refractivity contribution in [3.8, 4) is 0 Å². The molecule has 0 bridgehead atoms. The molecule has 0 saturated carbocycles. The molecule has 25 heavy (non-hydrogen) atoms. The second-order valence-electron chi connectivity index (χ2n) is 5.90. The van der Waals surface area contributed by atoms with Gasteiger partial charge in [0.1, 0.15) is 5.56 Å². The molecule has 1 amide bonds. The number of benzene rings is 1. The number of hydrogen-bond acceptors (Lipinski definition) is 4. The quantitative estimate of drug-likeness (QED) is 0.791. The van der Waals surface area contributed by atoms with Crippen molar-refractivity contribution in [3.05, 3.63) is 75.8 Å². The van der Waals surface area contributed by atoms with Gasteiger partial charge in [-0.15, -0.1) is 5.10 Å². The zero-order valence-corrected chi connectivity index (χ0v) is 14.3. The third-order valence-electron chi connectivity index (χ3n) is 4.10. The molecule has 1 N–H and O–H groups in total. The summed E-state index contributed by atoms with van der Waals surface area (Å²) in [6.45, 7) is 3.67. The minimum atomic E-state index is -0.488. The van der Waals surface area contributed by atoms with Crippen molar-refractivity contribution in [1.29, 1.82) is 0 Å².